The number of carboxylic acids is 1. The zero-order valence-corrected chi connectivity index (χ0v) is 16.8. The molecule has 3 aromatic rings. The maximum atomic E-state index is 13.1. The van der Waals surface area contributed by atoms with Gasteiger partial charge in [0.1, 0.15) is 10.1 Å². The van der Waals surface area contributed by atoms with Crippen LogP contribution in [0.1, 0.15) is 27.9 Å². The second-order valence-corrected chi connectivity index (χ2v) is 9.22. The van der Waals surface area contributed by atoms with E-state index in [1.807, 2.05) is 18.2 Å². The molecule has 1 aromatic carbocycles. The maximum absolute atomic E-state index is 13.1. The van der Waals surface area contributed by atoms with Crippen LogP contribution in [-0.2, 0) is 22.9 Å². The van der Waals surface area contributed by atoms with E-state index in [-0.39, 0.29) is 10.5 Å². The molecule has 0 saturated heterocycles. The largest absolute Gasteiger partial charge is 0.478 e. The van der Waals surface area contributed by atoms with Crippen LogP contribution in [0.5, 0.6) is 0 Å². The second-order valence-electron chi connectivity index (χ2n) is 6.53. The fourth-order valence-corrected chi connectivity index (χ4v) is 5.44. The molecule has 29 heavy (non-hydrogen) atoms. The number of fused-ring (bicyclic) bond motifs is 1. The molecule has 0 atom stereocenters. The first kappa shape index (κ1) is 19.4. The summed E-state index contributed by atoms with van der Waals surface area (Å²) in [5.41, 5.74) is 1.81. The molecule has 2 heterocycles. The number of carbonyl (C=O) groups is 1. The van der Waals surface area contributed by atoms with Gasteiger partial charge in [-0.2, -0.15) is 0 Å². The Bertz CT molecular complexity index is 1180. The van der Waals surface area contributed by atoms with Gasteiger partial charge in [-0.3, -0.25) is 4.72 Å². The van der Waals surface area contributed by atoms with Gasteiger partial charge in [-0.1, -0.05) is 17.8 Å². The van der Waals surface area contributed by atoms with Gasteiger partial charge >= 0.3 is 5.97 Å². The Morgan fingerprint density at radius 2 is 1.86 bits per heavy atom. The number of pyridine rings is 2. The standard InChI is InChI=1S/C20H17N3O4S2/c24-20(25)14-10-13-4-3-5-16(13)17(11-14)29(26,27)23-15-7-9-22-19(12-15)28-18-6-1-2-8-21-18/h1-2,6-12H,3-5H2,(H,22,23)(H,24,25). The lowest BCUT2D eigenvalue weighted by Gasteiger charge is -2.13. The predicted octanol–water partition coefficient (Wildman–Crippen LogP) is 3.62. The van der Waals surface area contributed by atoms with Crippen molar-refractivity contribution in [1.29, 1.82) is 0 Å². The number of benzene rings is 1. The summed E-state index contributed by atoms with van der Waals surface area (Å²) < 4.78 is 28.7. The molecule has 2 N–H and O–H groups in total. The van der Waals surface area contributed by atoms with E-state index in [2.05, 4.69) is 14.7 Å². The van der Waals surface area contributed by atoms with Gasteiger partial charge in [-0.15, -0.1) is 0 Å². The van der Waals surface area contributed by atoms with Gasteiger partial charge in [0.15, 0.2) is 0 Å². The first-order valence-corrected chi connectivity index (χ1v) is 11.2. The number of hydrogen-bond donors (Lipinski definition) is 2. The third-order valence-electron chi connectivity index (χ3n) is 4.54. The molecule has 0 bridgehead atoms. The zero-order chi connectivity index (χ0) is 20.4. The quantitative estimate of drug-likeness (QED) is 0.618. The van der Waals surface area contributed by atoms with Gasteiger partial charge in [0.2, 0.25) is 0 Å². The number of sulfonamides is 1. The van der Waals surface area contributed by atoms with Crippen molar-refractivity contribution >= 4 is 33.4 Å². The average molecular weight is 428 g/mol. The lowest BCUT2D eigenvalue weighted by atomic mass is 10.1. The molecular formula is C20H17N3O4S2. The van der Waals surface area contributed by atoms with E-state index in [9.17, 15) is 18.3 Å². The van der Waals surface area contributed by atoms with Crippen molar-refractivity contribution < 1.29 is 18.3 Å². The lowest BCUT2D eigenvalue weighted by molar-refractivity contribution is 0.0696. The van der Waals surface area contributed by atoms with E-state index in [4.69, 9.17) is 0 Å². The van der Waals surface area contributed by atoms with Crippen molar-refractivity contribution in [1.82, 2.24) is 9.97 Å². The summed E-state index contributed by atoms with van der Waals surface area (Å²) in [5.74, 6) is -1.14. The number of anilines is 1. The first-order chi connectivity index (χ1) is 13.9. The maximum Gasteiger partial charge on any atom is 0.335 e. The molecule has 0 amide bonds. The van der Waals surface area contributed by atoms with Crippen molar-refractivity contribution in [2.45, 2.75) is 34.2 Å². The third-order valence-corrected chi connectivity index (χ3v) is 6.88. The molecule has 1 aliphatic carbocycles. The van der Waals surface area contributed by atoms with Crippen LogP contribution >= 0.6 is 11.8 Å². The summed E-state index contributed by atoms with van der Waals surface area (Å²) >= 11 is 1.32. The van der Waals surface area contributed by atoms with Crippen molar-refractivity contribution in [3.05, 3.63) is 71.5 Å². The Labute approximate surface area is 172 Å². The molecule has 0 unspecified atom stereocenters. The summed E-state index contributed by atoms with van der Waals surface area (Å²) in [6.07, 6.45) is 5.29. The summed E-state index contributed by atoms with van der Waals surface area (Å²) in [4.78, 5) is 19.9. The Morgan fingerprint density at radius 1 is 1.03 bits per heavy atom. The van der Waals surface area contributed by atoms with Gasteiger partial charge in [0.05, 0.1) is 16.1 Å². The predicted molar refractivity (Wildman–Crippen MR) is 109 cm³/mol. The highest BCUT2D eigenvalue weighted by Crippen LogP contribution is 2.32. The van der Waals surface area contributed by atoms with Crippen molar-refractivity contribution in [3.63, 3.8) is 0 Å². The van der Waals surface area contributed by atoms with Gasteiger partial charge < -0.3 is 5.11 Å². The Balaban J connectivity index is 1.65. The van der Waals surface area contributed by atoms with Crippen molar-refractivity contribution in [2.24, 2.45) is 0 Å². The summed E-state index contributed by atoms with van der Waals surface area (Å²) in [5, 5.41) is 10.7. The van der Waals surface area contributed by atoms with Gasteiger partial charge in [-0.05, 0) is 66.8 Å². The van der Waals surface area contributed by atoms with E-state index in [0.29, 0.717) is 29.1 Å². The summed E-state index contributed by atoms with van der Waals surface area (Å²) in [6.45, 7) is 0. The highest BCUT2D eigenvalue weighted by Gasteiger charge is 2.26. The van der Waals surface area contributed by atoms with Gasteiger partial charge in [0, 0.05) is 12.4 Å². The minimum atomic E-state index is -3.95. The van der Waals surface area contributed by atoms with Crippen LogP contribution in [0.15, 0.2) is 69.8 Å². The van der Waals surface area contributed by atoms with Crippen molar-refractivity contribution in [2.75, 3.05) is 4.72 Å². The summed E-state index contributed by atoms with van der Waals surface area (Å²) in [7, 11) is -3.95. The zero-order valence-electron chi connectivity index (χ0n) is 15.2. The Morgan fingerprint density at radius 3 is 2.62 bits per heavy atom. The molecule has 0 saturated carbocycles. The van der Waals surface area contributed by atoms with E-state index in [0.717, 1.165) is 17.0 Å². The fourth-order valence-electron chi connectivity index (χ4n) is 3.28. The molecule has 9 heteroatoms. The molecule has 4 rings (SSSR count). The molecule has 0 spiro atoms. The molecule has 1 aliphatic rings. The second kappa shape index (κ2) is 7.84. The van der Waals surface area contributed by atoms with Crippen LogP contribution < -0.4 is 4.72 Å². The highest BCUT2D eigenvalue weighted by molar-refractivity contribution is 7.99. The Kier molecular flexibility index (Phi) is 5.25. The van der Waals surface area contributed by atoms with Gasteiger partial charge in [-0.25, -0.2) is 23.2 Å². The number of rotatable bonds is 6. The number of nitrogens with zero attached hydrogens (tertiary/aromatic N) is 2. The monoisotopic (exact) mass is 427 g/mol. The molecule has 2 aromatic heterocycles. The van der Waals surface area contributed by atoms with E-state index < -0.39 is 16.0 Å². The van der Waals surface area contributed by atoms with Crippen LogP contribution in [0, 0.1) is 0 Å². The molecule has 0 aliphatic heterocycles. The number of aromatic carboxylic acids is 1. The van der Waals surface area contributed by atoms with Crippen LogP contribution in [0.2, 0.25) is 0 Å². The van der Waals surface area contributed by atoms with E-state index >= 15 is 0 Å². The van der Waals surface area contributed by atoms with E-state index in [1.165, 1.54) is 24.0 Å². The number of nitrogens with one attached hydrogen (secondary N) is 1. The molecule has 7 nitrogen and oxygen atoms in total. The normalized spacial score (nSPS) is 13.1. The minimum absolute atomic E-state index is 0.0212. The van der Waals surface area contributed by atoms with Crippen molar-refractivity contribution in [3.8, 4) is 0 Å². The number of aromatic nitrogens is 2. The van der Waals surface area contributed by atoms with Crippen LogP contribution in [-0.4, -0.2) is 29.5 Å². The fraction of sp³-hybridized carbons (Fsp3) is 0.150. The molecular weight excluding hydrogens is 410 g/mol. The molecule has 148 valence electrons. The summed E-state index contributed by atoms with van der Waals surface area (Å²) in [6, 6.07) is 11.5. The number of aryl methyl sites for hydroxylation is 1. The van der Waals surface area contributed by atoms with E-state index in [1.54, 1.807) is 24.4 Å². The average Bonchev–Trinajstić information content (AvgIpc) is 3.16. The number of hydrogen-bond acceptors (Lipinski definition) is 6. The smallest absolute Gasteiger partial charge is 0.335 e. The van der Waals surface area contributed by atoms with Crippen LogP contribution in [0.3, 0.4) is 0 Å². The minimum Gasteiger partial charge on any atom is -0.478 e. The Hall–Kier alpha value is -2.91. The SMILES string of the molecule is O=C(O)c1cc2c(c(S(=O)(=O)Nc3ccnc(Sc4ccccn4)c3)c1)CCC2. The topological polar surface area (TPSA) is 109 Å². The first-order valence-electron chi connectivity index (χ1n) is 8.89. The third kappa shape index (κ3) is 4.25. The molecule has 0 radical (unpaired) electrons. The lowest BCUT2D eigenvalue weighted by Crippen LogP contribution is -2.16. The van der Waals surface area contributed by atoms with Crippen LogP contribution in [0.4, 0.5) is 5.69 Å². The number of carboxylic acid groups (broad SMARTS) is 1. The highest BCUT2D eigenvalue weighted by atomic mass is 32.2. The molecule has 0 fully saturated rings. The van der Waals surface area contributed by atoms with Gasteiger partial charge in [0.25, 0.3) is 10.0 Å². The van der Waals surface area contributed by atoms with Crippen LogP contribution in [0.25, 0.3) is 0 Å².